The summed E-state index contributed by atoms with van der Waals surface area (Å²) >= 11 is 1.67. The molecule has 3 aromatic carbocycles. The molecule has 1 heterocycles. The molecule has 0 aliphatic heterocycles. The molecule has 6 heteroatoms. The first-order valence-electron chi connectivity index (χ1n) is 9.79. The van der Waals surface area contributed by atoms with Crippen molar-refractivity contribution in [2.24, 2.45) is 0 Å². The van der Waals surface area contributed by atoms with E-state index in [2.05, 4.69) is 63.4 Å². The molecule has 1 aromatic heterocycles. The Bertz CT molecular complexity index is 1110. The first-order valence-corrected chi connectivity index (χ1v) is 10.8. The molecular weight excluding hydrogens is 392 g/mol. The Balaban J connectivity index is 1.58. The first-order chi connectivity index (χ1) is 14.7. The lowest BCUT2D eigenvalue weighted by atomic mass is 10.2. The fraction of sp³-hybridized carbons (Fsp3) is 0.167. The lowest BCUT2D eigenvalue weighted by molar-refractivity contribution is 0.414. The number of nitrogens with zero attached hydrogens (tertiary/aromatic N) is 3. The molecule has 1 N–H and O–H groups in total. The van der Waals surface area contributed by atoms with E-state index in [9.17, 15) is 0 Å². The van der Waals surface area contributed by atoms with E-state index in [0.717, 1.165) is 33.9 Å². The van der Waals surface area contributed by atoms with E-state index in [-0.39, 0.29) is 0 Å². The van der Waals surface area contributed by atoms with Gasteiger partial charge in [-0.15, -0.1) is 10.2 Å². The maximum Gasteiger partial charge on any atom is 0.196 e. The number of nitrogens with one attached hydrogen (secondary N) is 1. The smallest absolute Gasteiger partial charge is 0.196 e. The van der Waals surface area contributed by atoms with Crippen LogP contribution in [0.3, 0.4) is 0 Å². The molecule has 0 fully saturated rings. The van der Waals surface area contributed by atoms with E-state index in [1.807, 2.05) is 42.5 Å². The molecule has 0 aliphatic carbocycles. The molecule has 0 aliphatic rings. The zero-order chi connectivity index (χ0) is 20.8. The van der Waals surface area contributed by atoms with Crippen molar-refractivity contribution in [1.29, 1.82) is 0 Å². The van der Waals surface area contributed by atoms with Gasteiger partial charge in [0.25, 0.3) is 0 Å². The maximum atomic E-state index is 5.34. The van der Waals surface area contributed by atoms with Crippen molar-refractivity contribution in [3.63, 3.8) is 0 Å². The minimum absolute atomic E-state index is 0.590. The fourth-order valence-electron chi connectivity index (χ4n) is 3.20. The number of hydrogen-bond donors (Lipinski definition) is 1. The van der Waals surface area contributed by atoms with Crippen LogP contribution in [0.15, 0.2) is 84.0 Å². The molecular formula is C24H24N4OS. The lowest BCUT2D eigenvalue weighted by Crippen LogP contribution is -2.09. The van der Waals surface area contributed by atoms with Gasteiger partial charge in [-0.25, -0.2) is 0 Å². The number of thioether (sulfide) groups is 1. The van der Waals surface area contributed by atoms with Gasteiger partial charge in [0.1, 0.15) is 5.75 Å². The Morgan fingerprint density at radius 2 is 1.73 bits per heavy atom. The van der Waals surface area contributed by atoms with E-state index in [1.165, 1.54) is 11.1 Å². The van der Waals surface area contributed by atoms with Crippen LogP contribution < -0.4 is 10.1 Å². The zero-order valence-corrected chi connectivity index (χ0v) is 17.9. The Morgan fingerprint density at radius 1 is 0.933 bits per heavy atom. The van der Waals surface area contributed by atoms with Crippen molar-refractivity contribution in [2.75, 3.05) is 12.4 Å². The van der Waals surface area contributed by atoms with Crippen LogP contribution in [-0.4, -0.2) is 21.9 Å². The number of aryl methyl sites for hydroxylation is 1. The number of anilines is 1. The summed E-state index contributed by atoms with van der Waals surface area (Å²) in [5.41, 5.74) is 4.54. The van der Waals surface area contributed by atoms with Gasteiger partial charge >= 0.3 is 0 Å². The van der Waals surface area contributed by atoms with Crippen molar-refractivity contribution < 1.29 is 4.74 Å². The number of methoxy groups -OCH3 is 1. The fourth-order valence-corrected chi connectivity index (χ4v) is 4.11. The average Bonchev–Trinajstić information content (AvgIpc) is 3.20. The van der Waals surface area contributed by atoms with Gasteiger partial charge in [-0.2, -0.15) is 0 Å². The van der Waals surface area contributed by atoms with Crippen LogP contribution >= 0.6 is 11.8 Å². The van der Waals surface area contributed by atoms with E-state index in [1.54, 1.807) is 18.9 Å². The molecule has 0 amide bonds. The molecule has 4 aromatic rings. The van der Waals surface area contributed by atoms with Crippen LogP contribution in [0.5, 0.6) is 5.75 Å². The zero-order valence-electron chi connectivity index (χ0n) is 17.1. The summed E-state index contributed by atoms with van der Waals surface area (Å²) in [5, 5.41) is 13.3. The minimum atomic E-state index is 0.590. The highest BCUT2D eigenvalue weighted by Gasteiger charge is 2.15. The molecule has 152 valence electrons. The number of hydrogen-bond acceptors (Lipinski definition) is 5. The summed E-state index contributed by atoms with van der Waals surface area (Å²) in [6, 6.07) is 26.6. The molecule has 5 nitrogen and oxygen atoms in total. The van der Waals surface area contributed by atoms with E-state index >= 15 is 0 Å². The Morgan fingerprint density at radius 3 is 2.53 bits per heavy atom. The van der Waals surface area contributed by atoms with Gasteiger partial charge in [-0.1, -0.05) is 60.3 Å². The van der Waals surface area contributed by atoms with Gasteiger partial charge < -0.3 is 10.1 Å². The second-order valence-corrected chi connectivity index (χ2v) is 7.82. The summed E-state index contributed by atoms with van der Waals surface area (Å²) in [6.07, 6.45) is 0. The molecule has 0 atom stereocenters. The summed E-state index contributed by atoms with van der Waals surface area (Å²) < 4.78 is 7.46. The van der Waals surface area contributed by atoms with Crippen molar-refractivity contribution in [3.05, 3.63) is 95.8 Å². The Kier molecular flexibility index (Phi) is 6.35. The van der Waals surface area contributed by atoms with Crippen molar-refractivity contribution in [3.8, 4) is 11.4 Å². The highest BCUT2D eigenvalue weighted by molar-refractivity contribution is 7.98. The largest absolute Gasteiger partial charge is 0.497 e. The van der Waals surface area contributed by atoms with Crippen LogP contribution in [0, 0.1) is 6.92 Å². The first kappa shape index (κ1) is 20.0. The van der Waals surface area contributed by atoms with Gasteiger partial charge in [0, 0.05) is 17.1 Å². The van der Waals surface area contributed by atoms with Gasteiger partial charge in [0.15, 0.2) is 11.0 Å². The number of ether oxygens (including phenoxy) is 1. The van der Waals surface area contributed by atoms with E-state index < -0.39 is 0 Å². The predicted octanol–water partition coefficient (Wildman–Crippen LogP) is 5.49. The standard InChI is InChI=1S/C24H24N4OS/c1-18-9-6-7-14-22(18)25-16-23-26-27-24(28(23)20-11-4-3-5-12-20)30-17-19-10-8-13-21(15-19)29-2/h3-15,25H,16-17H2,1-2H3. The quantitative estimate of drug-likeness (QED) is 0.385. The number of benzene rings is 3. The second kappa shape index (κ2) is 9.50. The molecule has 0 radical (unpaired) electrons. The van der Waals surface area contributed by atoms with Crippen LogP contribution in [-0.2, 0) is 12.3 Å². The van der Waals surface area contributed by atoms with Crippen molar-refractivity contribution in [2.45, 2.75) is 24.4 Å². The molecule has 30 heavy (non-hydrogen) atoms. The topological polar surface area (TPSA) is 52.0 Å². The summed E-state index contributed by atoms with van der Waals surface area (Å²) in [5.74, 6) is 2.52. The number of para-hydroxylation sites is 2. The van der Waals surface area contributed by atoms with Crippen LogP contribution in [0.2, 0.25) is 0 Å². The summed E-state index contributed by atoms with van der Waals surface area (Å²) in [6.45, 7) is 2.69. The normalized spacial score (nSPS) is 10.7. The van der Waals surface area contributed by atoms with E-state index in [0.29, 0.717) is 6.54 Å². The molecule has 0 unspecified atom stereocenters. The van der Waals surface area contributed by atoms with Gasteiger partial charge in [-0.05, 0) is 48.4 Å². The van der Waals surface area contributed by atoms with Crippen LogP contribution in [0.25, 0.3) is 5.69 Å². The summed E-state index contributed by atoms with van der Waals surface area (Å²) in [4.78, 5) is 0. The van der Waals surface area contributed by atoms with Crippen molar-refractivity contribution in [1.82, 2.24) is 14.8 Å². The SMILES string of the molecule is COc1cccc(CSc2nnc(CNc3ccccc3C)n2-c2ccccc2)c1. The molecule has 4 rings (SSSR count). The van der Waals surface area contributed by atoms with Gasteiger partial charge in [0.2, 0.25) is 0 Å². The van der Waals surface area contributed by atoms with Crippen LogP contribution in [0.1, 0.15) is 17.0 Å². The molecule has 0 bridgehead atoms. The average molecular weight is 417 g/mol. The van der Waals surface area contributed by atoms with Gasteiger partial charge in [-0.3, -0.25) is 4.57 Å². The molecule has 0 spiro atoms. The third kappa shape index (κ3) is 4.66. The monoisotopic (exact) mass is 416 g/mol. The highest BCUT2D eigenvalue weighted by atomic mass is 32.2. The highest BCUT2D eigenvalue weighted by Crippen LogP contribution is 2.27. The molecule has 0 saturated heterocycles. The summed E-state index contributed by atoms with van der Waals surface area (Å²) in [7, 11) is 1.69. The van der Waals surface area contributed by atoms with Gasteiger partial charge in [0.05, 0.1) is 13.7 Å². The Labute approximate surface area is 181 Å². The van der Waals surface area contributed by atoms with Crippen LogP contribution in [0.4, 0.5) is 5.69 Å². The lowest BCUT2D eigenvalue weighted by Gasteiger charge is -2.12. The maximum absolute atomic E-state index is 5.34. The molecule has 0 saturated carbocycles. The third-order valence-corrected chi connectivity index (χ3v) is 5.80. The third-order valence-electron chi connectivity index (χ3n) is 4.80. The minimum Gasteiger partial charge on any atom is -0.497 e. The number of rotatable bonds is 8. The van der Waals surface area contributed by atoms with Crippen molar-refractivity contribution >= 4 is 17.4 Å². The Hall–Kier alpha value is -3.25. The second-order valence-electron chi connectivity index (χ2n) is 6.88. The van der Waals surface area contributed by atoms with E-state index in [4.69, 9.17) is 4.74 Å². The predicted molar refractivity (Wildman–Crippen MR) is 122 cm³/mol. The number of aromatic nitrogens is 3.